The zero-order chi connectivity index (χ0) is 17.2. The van der Waals surface area contributed by atoms with Crippen LogP contribution in [-0.2, 0) is 17.6 Å². The van der Waals surface area contributed by atoms with E-state index in [1.165, 1.54) is 0 Å². The molecule has 1 fully saturated rings. The molecular weight excluding hydrogens is 318 g/mol. The van der Waals surface area contributed by atoms with Crippen LogP contribution < -0.4 is 0 Å². The Morgan fingerprint density at radius 3 is 2.88 bits per heavy atom. The highest BCUT2D eigenvalue weighted by Crippen LogP contribution is 2.23. The summed E-state index contributed by atoms with van der Waals surface area (Å²) in [6, 6.07) is 13.2. The summed E-state index contributed by atoms with van der Waals surface area (Å²) >= 11 is 0. The lowest BCUT2D eigenvalue weighted by molar-refractivity contribution is -0.129. The number of hydrogen-bond acceptors (Lipinski definition) is 5. The minimum Gasteiger partial charge on any atom is -0.391 e. The van der Waals surface area contributed by atoms with Gasteiger partial charge in [0.15, 0.2) is 5.58 Å². The third-order valence-corrected chi connectivity index (χ3v) is 4.73. The Labute approximate surface area is 145 Å². The molecule has 0 saturated carbocycles. The second kappa shape index (κ2) is 6.64. The van der Waals surface area contributed by atoms with E-state index in [1.807, 2.05) is 42.5 Å². The second-order valence-electron chi connectivity index (χ2n) is 6.45. The van der Waals surface area contributed by atoms with Crippen LogP contribution in [0.25, 0.3) is 11.0 Å². The minimum absolute atomic E-state index is 0.00732. The highest BCUT2D eigenvalue weighted by Gasteiger charge is 2.34. The normalized spacial score (nSPS) is 20.3. The lowest BCUT2D eigenvalue weighted by Crippen LogP contribution is -2.31. The number of amides is 1. The maximum Gasteiger partial charge on any atom is 0.228 e. The zero-order valence-electron chi connectivity index (χ0n) is 13.7. The van der Waals surface area contributed by atoms with Gasteiger partial charge in [-0.2, -0.15) is 0 Å². The Balaban J connectivity index is 1.43. The Morgan fingerprint density at radius 1 is 1.20 bits per heavy atom. The van der Waals surface area contributed by atoms with E-state index in [0.29, 0.717) is 30.8 Å². The molecule has 4 rings (SSSR count). The predicted octanol–water partition coefficient (Wildman–Crippen LogP) is 1.83. The summed E-state index contributed by atoms with van der Waals surface area (Å²) in [5.74, 6) is -0.0328. The molecule has 0 bridgehead atoms. The van der Waals surface area contributed by atoms with Crippen molar-refractivity contribution in [1.82, 2.24) is 15.0 Å². The SMILES string of the molecule is O=C(Cc1noc2ccccc12)N1C[C@@H](Cc2ccccn2)[C@H](O)C1. The monoisotopic (exact) mass is 337 g/mol. The molecule has 1 aliphatic rings. The molecule has 3 aromatic rings. The average Bonchev–Trinajstić information content (AvgIpc) is 3.20. The predicted molar refractivity (Wildman–Crippen MR) is 91.7 cm³/mol. The molecule has 128 valence electrons. The Bertz CT molecular complexity index is 878. The first-order valence-corrected chi connectivity index (χ1v) is 8.40. The number of likely N-dealkylation sites (tertiary alicyclic amines) is 1. The van der Waals surface area contributed by atoms with Crippen molar-refractivity contribution < 1.29 is 14.4 Å². The summed E-state index contributed by atoms with van der Waals surface area (Å²) in [5, 5.41) is 15.2. The highest BCUT2D eigenvalue weighted by atomic mass is 16.5. The van der Waals surface area contributed by atoms with E-state index >= 15 is 0 Å². The molecule has 2 atom stereocenters. The topological polar surface area (TPSA) is 79.5 Å². The van der Waals surface area contributed by atoms with Crippen LogP contribution in [0.3, 0.4) is 0 Å². The number of β-amino-alcohol motifs (C(OH)–C–C–N with tert-alkyl or cyclic N) is 1. The van der Waals surface area contributed by atoms with Crippen molar-refractivity contribution >= 4 is 16.9 Å². The van der Waals surface area contributed by atoms with Crippen molar-refractivity contribution in [3.05, 3.63) is 60.0 Å². The van der Waals surface area contributed by atoms with Crippen molar-refractivity contribution in [2.24, 2.45) is 5.92 Å². The lowest BCUT2D eigenvalue weighted by Gasteiger charge is -2.15. The summed E-state index contributed by atoms with van der Waals surface area (Å²) in [4.78, 5) is 18.6. The second-order valence-corrected chi connectivity index (χ2v) is 6.45. The molecule has 6 nitrogen and oxygen atoms in total. The Hall–Kier alpha value is -2.73. The van der Waals surface area contributed by atoms with Crippen LogP contribution in [0.5, 0.6) is 0 Å². The Kier molecular flexibility index (Phi) is 4.19. The smallest absolute Gasteiger partial charge is 0.228 e. The quantitative estimate of drug-likeness (QED) is 0.786. The first kappa shape index (κ1) is 15.8. The van der Waals surface area contributed by atoms with Crippen LogP contribution in [-0.4, -0.2) is 45.2 Å². The van der Waals surface area contributed by atoms with Gasteiger partial charge >= 0.3 is 0 Å². The number of benzene rings is 1. The van der Waals surface area contributed by atoms with Crippen LogP contribution >= 0.6 is 0 Å². The molecule has 1 amide bonds. The van der Waals surface area contributed by atoms with Crippen molar-refractivity contribution in [1.29, 1.82) is 0 Å². The molecule has 0 unspecified atom stereocenters. The standard InChI is InChI=1S/C19H19N3O3/c23-17-12-22(11-13(17)9-14-5-3-4-8-20-14)19(24)10-16-15-6-1-2-7-18(15)25-21-16/h1-8,13,17,23H,9-12H2/t13-,17-/m1/s1. The summed E-state index contributed by atoms with van der Waals surface area (Å²) in [5.41, 5.74) is 2.26. The van der Waals surface area contributed by atoms with Crippen LogP contribution in [0.2, 0.25) is 0 Å². The zero-order valence-corrected chi connectivity index (χ0v) is 13.7. The van der Waals surface area contributed by atoms with Crippen molar-refractivity contribution in [2.45, 2.75) is 18.9 Å². The summed E-state index contributed by atoms with van der Waals surface area (Å²) in [6.07, 6.45) is 2.06. The molecule has 0 spiro atoms. The highest BCUT2D eigenvalue weighted by molar-refractivity contribution is 5.86. The van der Waals surface area contributed by atoms with Crippen LogP contribution in [0.4, 0.5) is 0 Å². The van der Waals surface area contributed by atoms with Gasteiger partial charge in [-0.3, -0.25) is 9.78 Å². The van der Waals surface area contributed by atoms with E-state index in [9.17, 15) is 9.90 Å². The van der Waals surface area contributed by atoms with Crippen molar-refractivity contribution in [2.75, 3.05) is 13.1 Å². The minimum atomic E-state index is -0.528. The van der Waals surface area contributed by atoms with Crippen LogP contribution in [0.1, 0.15) is 11.4 Å². The molecule has 0 radical (unpaired) electrons. The van der Waals surface area contributed by atoms with Crippen molar-refractivity contribution in [3.8, 4) is 0 Å². The van der Waals surface area contributed by atoms with E-state index in [4.69, 9.17) is 4.52 Å². The molecular formula is C19H19N3O3. The van der Waals surface area contributed by atoms with Crippen LogP contribution in [0, 0.1) is 5.92 Å². The summed E-state index contributed by atoms with van der Waals surface area (Å²) < 4.78 is 5.26. The van der Waals surface area contributed by atoms with Gasteiger partial charge in [0, 0.05) is 36.3 Å². The number of pyridine rings is 1. The van der Waals surface area contributed by atoms with Gasteiger partial charge in [0.1, 0.15) is 5.69 Å². The molecule has 1 saturated heterocycles. The Morgan fingerprint density at radius 2 is 2.04 bits per heavy atom. The maximum atomic E-state index is 12.6. The molecule has 3 heterocycles. The van der Waals surface area contributed by atoms with E-state index in [0.717, 1.165) is 11.1 Å². The fraction of sp³-hybridized carbons (Fsp3) is 0.316. The number of nitrogens with zero attached hydrogens (tertiary/aromatic N) is 3. The summed E-state index contributed by atoms with van der Waals surface area (Å²) in [6.45, 7) is 0.887. The van der Waals surface area contributed by atoms with Crippen LogP contribution in [0.15, 0.2) is 53.2 Å². The van der Waals surface area contributed by atoms with Gasteiger partial charge < -0.3 is 14.5 Å². The van der Waals surface area contributed by atoms with Gasteiger partial charge in [0.05, 0.1) is 12.5 Å². The molecule has 1 N–H and O–H groups in total. The lowest BCUT2D eigenvalue weighted by atomic mass is 10.00. The molecule has 1 aromatic carbocycles. The number of aliphatic hydroxyl groups excluding tert-OH is 1. The van der Waals surface area contributed by atoms with Gasteiger partial charge in [-0.15, -0.1) is 0 Å². The average molecular weight is 337 g/mol. The van der Waals surface area contributed by atoms with Gasteiger partial charge in [0.2, 0.25) is 5.91 Å². The third kappa shape index (κ3) is 3.25. The number of fused-ring (bicyclic) bond motifs is 1. The third-order valence-electron chi connectivity index (χ3n) is 4.73. The van der Waals surface area contributed by atoms with Gasteiger partial charge in [-0.05, 0) is 30.7 Å². The maximum absolute atomic E-state index is 12.6. The van der Waals surface area contributed by atoms with E-state index in [-0.39, 0.29) is 18.2 Å². The first-order chi connectivity index (χ1) is 12.2. The number of carbonyl (C=O) groups excluding carboxylic acids is 1. The van der Waals surface area contributed by atoms with Crippen molar-refractivity contribution in [3.63, 3.8) is 0 Å². The van der Waals surface area contributed by atoms with Gasteiger partial charge in [-0.25, -0.2) is 0 Å². The number of aromatic nitrogens is 2. The van der Waals surface area contributed by atoms with E-state index in [2.05, 4.69) is 10.1 Å². The van der Waals surface area contributed by atoms with E-state index < -0.39 is 6.10 Å². The number of carbonyl (C=O) groups is 1. The molecule has 2 aromatic heterocycles. The van der Waals surface area contributed by atoms with E-state index in [1.54, 1.807) is 11.1 Å². The largest absolute Gasteiger partial charge is 0.391 e. The molecule has 25 heavy (non-hydrogen) atoms. The first-order valence-electron chi connectivity index (χ1n) is 8.40. The fourth-order valence-corrected chi connectivity index (χ4v) is 3.37. The summed E-state index contributed by atoms with van der Waals surface area (Å²) in [7, 11) is 0. The number of aliphatic hydroxyl groups is 1. The number of para-hydroxylation sites is 1. The number of hydrogen-bond donors (Lipinski definition) is 1. The molecule has 6 heteroatoms. The van der Waals surface area contributed by atoms with Gasteiger partial charge in [0.25, 0.3) is 0 Å². The number of rotatable bonds is 4. The van der Waals surface area contributed by atoms with Gasteiger partial charge in [-0.1, -0.05) is 23.4 Å². The fourth-order valence-electron chi connectivity index (χ4n) is 3.37. The molecule has 1 aliphatic heterocycles. The molecule has 0 aliphatic carbocycles.